The molecule has 4 atom stereocenters. The molecule has 1 saturated carbocycles. The van der Waals surface area contributed by atoms with Crippen molar-refractivity contribution in [1.29, 1.82) is 0 Å². The van der Waals surface area contributed by atoms with Crippen LogP contribution in [-0.2, 0) is 21.4 Å². The summed E-state index contributed by atoms with van der Waals surface area (Å²) in [6.45, 7) is 6.12. The third-order valence-electron chi connectivity index (χ3n) is 8.68. The van der Waals surface area contributed by atoms with Crippen molar-refractivity contribution in [3.8, 4) is 5.75 Å². The Morgan fingerprint density at radius 2 is 1.84 bits per heavy atom. The number of aromatic carboxylic acids is 1. The number of rotatable bonds is 7. The first-order chi connectivity index (χ1) is 20.2. The molecule has 43 heavy (non-hydrogen) atoms. The molecule has 6 nitrogen and oxygen atoms in total. The molecule has 0 radical (unpaired) electrons. The minimum atomic E-state index is -1.47. The maximum atomic E-state index is 16.0. The minimum Gasteiger partial charge on any atom is -0.496 e. The molecule has 0 aromatic heterocycles. The van der Waals surface area contributed by atoms with Gasteiger partial charge in [-0.05, 0) is 65.6 Å². The predicted octanol–water partition coefficient (Wildman–Crippen LogP) is 7.84. The molecule has 10 heteroatoms. The van der Waals surface area contributed by atoms with E-state index in [1.165, 1.54) is 13.2 Å². The summed E-state index contributed by atoms with van der Waals surface area (Å²) in [6.07, 6.45) is 0.465. The van der Waals surface area contributed by atoms with Gasteiger partial charge in [-0.15, -0.1) is 0 Å². The molecule has 0 saturated heterocycles. The summed E-state index contributed by atoms with van der Waals surface area (Å²) in [7, 11) is 1.30. The van der Waals surface area contributed by atoms with Crippen molar-refractivity contribution in [3.63, 3.8) is 0 Å². The molecular weight excluding hydrogens is 599 g/mol. The molecule has 0 bridgehead atoms. The van der Waals surface area contributed by atoms with Gasteiger partial charge in [0.15, 0.2) is 0 Å². The number of hydrogen-bond donors (Lipinski definition) is 2. The Morgan fingerprint density at radius 3 is 2.49 bits per heavy atom. The van der Waals surface area contributed by atoms with Crippen molar-refractivity contribution in [2.45, 2.75) is 51.4 Å². The predicted molar refractivity (Wildman–Crippen MR) is 160 cm³/mol. The molecule has 1 spiro atoms. The molecule has 226 valence electrons. The first-order valence-corrected chi connectivity index (χ1v) is 14.6. The van der Waals surface area contributed by atoms with Crippen LogP contribution in [0.25, 0.3) is 0 Å². The molecule has 2 N–H and O–H groups in total. The number of halogens is 4. The molecule has 1 heterocycles. The van der Waals surface area contributed by atoms with Crippen LogP contribution in [0.5, 0.6) is 5.75 Å². The number of fused-ring (bicyclic) bond motifs is 2. The second kappa shape index (κ2) is 11.2. The molecule has 1 amide bonds. The first kappa shape index (κ1) is 31.0. The van der Waals surface area contributed by atoms with Gasteiger partial charge in [-0.2, -0.15) is 0 Å². The summed E-state index contributed by atoms with van der Waals surface area (Å²) in [4.78, 5) is 40.1. The Hall–Kier alpha value is -3.49. The van der Waals surface area contributed by atoms with Crippen LogP contribution in [-0.4, -0.2) is 29.9 Å². The van der Waals surface area contributed by atoms with Crippen LogP contribution in [0.2, 0.25) is 10.0 Å². The standard InChI is InChI=1S/C33H31Cl2F2NO5/c1-32(2,3)15-17-12-21(26(39)11-16-10-24(36)20(30(40)41)14-27(16)43-4)28(19-6-5-7-23(35)29(19)37)33(17)22-9-8-18(34)13-25(22)38-31(33)42/h5-10,13-14,17,21,28H,11-12,15H2,1-4H3,(H,38,42)(H,40,41)/t17-,21-,28-,33-/m0/s1. The number of carbonyl (C=O) groups excluding carboxylic acids is 2. The molecule has 3 aromatic carbocycles. The van der Waals surface area contributed by atoms with E-state index in [-0.39, 0.29) is 57.8 Å². The minimum absolute atomic E-state index is 0.0372. The van der Waals surface area contributed by atoms with Gasteiger partial charge in [0.1, 0.15) is 23.2 Å². The van der Waals surface area contributed by atoms with Crippen LogP contribution < -0.4 is 10.1 Å². The van der Waals surface area contributed by atoms with Crippen LogP contribution in [0, 0.1) is 28.9 Å². The second-order valence-electron chi connectivity index (χ2n) is 12.5. The number of hydrogen-bond acceptors (Lipinski definition) is 4. The lowest BCUT2D eigenvalue weighted by Gasteiger charge is -2.39. The Balaban J connectivity index is 1.71. The summed E-state index contributed by atoms with van der Waals surface area (Å²) in [6, 6.07) is 11.7. The third kappa shape index (κ3) is 5.29. The number of benzene rings is 3. The van der Waals surface area contributed by atoms with Crippen molar-refractivity contribution in [2.24, 2.45) is 17.3 Å². The van der Waals surface area contributed by atoms with Crippen molar-refractivity contribution >= 4 is 46.5 Å². The lowest BCUT2D eigenvalue weighted by Crippen LogP contribution is -2.45. The Labute approximate surface area is 258 Å². The number of carbonyl (C=O) groups is 3. The van der Waals surface area contributed by atoms with Crippen molar-refractivity contribution in [3.05, 3.63) is 92.5 Å². The Morgan fingerprint density at radius 1 is 1.12 bits per heavy atom. The van der Waals surface area contributed by atoms with Gasteiger partial charge in [-0.25, -0.2) is 13.6 Å². The quantitative estimate of drug-likeness (QED) is 0.278. The van der Waals surface area contributed by atoms with Crippen LogP contribution in [0.15, 0.2) is 48.5 Å². The van der Waals surface area contributed by atoms with Gasteiger partial charge < -0.3 is 15.2 Å². The van der Waals surface area contributed by atoms with Gasteiger partial charge >= 0.3 is 5.97 Å². The highest BCUT2D eigenvalue weighted by Crippen LogP contribution is 2.64. The zero-order valence-electron chi connectivity index (χ0n) is 24.1. The molecule has 3 aromatic rings. The van der Waals surface area contributed by atoms with Crippen LogP contribution in [0.4, 0.5) is 14.5 Å². The van der Waals surface area contributed by atoms with Gasteiger partial charge in [-0.1, -0.05) is 62.2 Å². The maximum absolute atomic E-state index is 16.0. The average molecular weight is 631 g/mol. The third-order valence-corrected chi connectivity index (χ3v) is 9.21. The number of methoxy groups -OCH3 is 1. The second-order valence-corrected chi connectivity index (χ2v) is 13.4. The van der Waals surface area contributed by atoms with E-state index in [1.807, 2.05) is 20.8 Å². The fraction of sp³-hybridized carbons (Fsp3) is 0.364. The van der Waals surface area contributed by atoms with Crippen LogP contribution in [0.1, 0.15) is 66.6 Å². The van der Waals surface area contributed by atoms with Gasteiger partial charge in [0.25, 0.3) is 0 Å². The zero-order chi connectivity index (χ0) is 31.4. The molecule has 1 aliphatic carbocycles. The lowest BCUT2D eigenvalue weighted by atomic mass is 9.61. The van der Waals surface area contributed by atoms with Gasteiger partial charge in [0, 0.05) is 34.5 Å². The fourth-order valence-electron chi connectivity index (χ4n) is 7.17. The summed E-state index contributed by atoms with van der Waals surface area (Å²) in [5.74, 6) is -6.10. The molecule has 0 unspecified atom stereocenters. The number of anilines is 1. The Bertz CT molecular complexity index is 1650. The Kier molecular flexibility index (Phi) is 8.07. The number of Topliss-reactive ketones (excluding diaryl/α,β-unsaturated/α-hetero) is 1. The lowest BCUT2D eigenvalue weighted by molar-refractivity contribution is -0.124. The molecule has 1 fully saturated rings. The molecule has 2 aliphatic rings. The zero-order valence-corrected chi connectivity index (χ0v) is 25.6. The summed E-state index contributed by atoms with van der Waals surface area (Å²) in [5.41, 5.74) is -0.760. The molecule has 5 rings (SSSR count). The smallest absolute Gasteiger partial charge is 0.338 e. The van der Waals surface area contributed by atoms with Gasteiger partial charge in [0.05, 0.1) is 23.1 Å². The SMILES string of the molecule is COc1cc(C(=O)O)c(F)cc1CC(=O)[C@@H]1C[C@@H](CC(C)(C)C)[C@@]2(C(=O)Nc3cc(Cl)ccc32)[C@H]1c1cccc(Cl)c1F. The van der Waals surface area contributed by atoms with Crippen LogP contribution in [0.3, 0.4) is 0 Å². The van der Waals surface area contributed by atoms with Crippen molar-refractivity contribution in [2.75, 3.05) is 12.4 Å². The van der Waals surface area contributed by atoms with E-state index < -0.39 is 40.4 Å². The van der Waals surface area contributed by atoms with E-state index in [1.54, 1.807) is 30.3 Å². The number of carboxylic acid groups (broad SMARTS) is 1. The fourth-order valence-corrected chi connectivity index (χ4v) is 7.53. The highest BCUT2D eigenvalue weighted by atomic mass is 35.5. The number of nitrogens with one attached hydrogen (secondary N) is 1. The first-order valence-electron chi connectivity index (χ1n) is 13.9. The van der Waals surface area contributed by atoms with E-state index >= 15 is 4.39 Å². The topological polar surface area (TPSA) is 92.7 Å². The normalized spacial score (nSPS) is 22.9. The van der Waals surface area contributed by atoms with Crippen molar-refractivity contribution in [1.82, 2.24) is 0 Å². The monoisotopic (exact) mass is 629 g/mol. The number of amides is 1. The highest BCUT2D eigenvalue weighted by Gasteiger charge is 2.65. The number of carboxylic acids is 1. The summed E-state index contributed by atoms with van der Waals surface area (Å²) < 4.78 is 36.0. The summed E-state index contributed by atoms with van der Waals surface area (Å²) in [5, 5.41) is 12.6. The van der Waals surface area contributed by atoms with E-state index in [4.69, 9.17) is 27.9 Å². The van der Waals surface area contributed by atoms with Gasteiger partial charge in [0.2, 0.25) is 5.91 Å². The van der Waals surface area contributed by atoms with Crippen LogP contribution >= 0.6 is 23.2 Å². The number of ketones is 1. The average Bonchev–Trinajstić information content (AvgIpc) is 3.39. The van der Waals surface area contributed by atoms with Crippen molar-refractivity contribution < 1.29 is 33.0 Å². The summed E-state index contributed by atoms with van der Waals surface area (Å²) >= 11 is 12.5. The molecular formula is C33H31Cl2F2NO5. The van der Waals surface area contributed by atoms with E-state index in [0.29, 0.717) is 22.7 Å². The van der Waals surface area contributed by atoms with E-state index in [2.05, 4.69) is 5.32 Å². The van der Waals surface area contributed by atoms with E-state index in [9.17, 15) is 23.9 Å². The largest absolute Gasteiger partial charge is 0.496 e. The molecule has 1 aliphatic heterocycles. The number of ether oxygens (including phenoxy) is 1. The highest BCUT2D eigenvalue weighted by molar-refractivity contribution is 6.31. The maximum Gasteiger partial charge on any atom is 0.338 e. The van der Waals surface area contributed by atoms with Gasteiger partial charge in [-0.3, -0.25) is 9.59 Å². The van der Waals surface area contributed by atoms with E-state index in [0.717, 1.165) is 12.1 Å².